The molecular weight excluding hydrogens is 268 g/mol. The molecule has 0 saturated carbocycles. The maximum Gasteiger partial charge on any atom is 0.378 e. The molecule has 0 fully saturated rings. The van der Waals surface area contributed by atoms with E-state index in [-0.39, 0.29) is 0 Å². The average Bonchev–Trinajstić information content (AvgIpc) is 2.53. The van der Waals surface area contributed by atoms with Crippen LogP contribution >= 0.6 is 0 Å². The Hall–Kier alpha value is -2.75. The number of hydrogen-bond acceptors (Lipinski definition) is 4. The smallest absolute Gasteiger partial charge is 0.378 e. The summed E-state index contributed by atoms with van der Waals surface area (Å²) in [5, 5.41) is 0. The molecule has 21 heavy (non-hydrogen) atoms. The summed E-state index contributed by atoms with van der Waals surface area (Å²) in [5.74, 6) is 0.910. The summed E-state index contributed by atoms with van der Waals surface area (Å²) in [5.41, 5.74) is 0. The minimum Gasteiger partial charge on any atom is -0.453 e. The van der Waals surface area contributed by atoms with E-state index in [4.69, 9.17) is 14.5 Å². The van der Waals surface area contributed by atoms with Crippen molar-refractivity contribution < 1.29 is 19.3 Å². The third-order valence-corrected chi connectivity index (χ3v) is 2.52. The first kappa shape index (κ1) is 14.7. The second-order valence-electron chi connectivity index (χ2n) is 4.16. The van der Waals surface area contributed by atoms with E-state index in [1.54, 1.807) is 24.3 Å². The molecule has 0 bridgehead atoms. The summed E-state index contributed by atoms with van der Waals surface area (Å²) >= 11 is 0. The van der Waals surface area contributed by atoms with Crippen LogP contribution in [0.25, 0.3) is 0 Å². The Bertz CT molecular complexity index is 605. The number of carbonyl (C=O) groups is 1. The van der Waals surface area contributed by atoms with Crippen molar-refractivity contribution >= 4 is 5.97 Å². The maximum absolute atomic E-state index is 11.4. The van der Waals surface area contributed by atoms with Crippen molar-refractivity contribution in [1.82, 2.24) is 0 Å². The van der Waals surface area contributed by atoms with E-state index in [1.165, 1.54) is 6.08 Å². The number of carbonyl (C=O) groups excluding carboxylic acids is 1. The van der Waals surface area contributed by atoms with E-state index in [2.05, 4.69) is 0 Å². The van der Waals surface area contributed by atoms with Crippen molar-refractivity contribution in [3.05, 3.63) is 66.7 Å². The standard InChI is InChI=1S/C17H16O4/c1-2-3-13-17(18)21-20-16-12-8-7-11-15(16)19-14-9-5-4-6-10-14/h3-13H,2H2,1H3. The number of benzene rings is 2. The van der Waals surface area contributed by atoms with Crippen LogP contribution in [0.2, 0.25) is 0 Å². The monoisotopic (exact) mass is 284 g/mol. The van der Waals surface area contributed by atoms with Gasteiger partial charge in [0.25, 0.3) is 0 Å². The summed E-state index contributed by atoms with van der Waals surface area (Å²) in [7, 11) is 0. The summed E-state index contributed by atoms with van der Waals surface area (Å²) in [6.07, 6.45) is 3.77. The fourth-order valence-electron chi connectivity index (χ4n) is 1.55. The number of ether oxygens (including phenoxy) is 1. The van der Waals surface area contributed by atoms with Gasteiger partial charge in [-0.2, -0.15) is 0 Å². The first-order valence-electron chi connectivity index (χ1n) is 6.66. The van der Waals surface area contributed by atoms with Gasteiger partial charge in [0, 0.05) is 6.08 Å². The van der Waals surface area contributed by atoms with Gasteiger partial charge in [-0.3, -0.25) is 4.89 Å². The Kier molecular flexibility index (Phi) is 5.41. The van der Waals surface area contributed by atoms with Crippen LogP contribution in [0.15, 0.2) is 66.7 Å². The van der Waals surface area contributed by atoms with Gasteiger partial charge in [-0.05, 0) is 30.7 Å². The molecule has 4 nitrogen and oxygen atoms in total. The zero-order chi connectivity index (χ0) is 14.9. The molecule has 108 valence electrons. The Labute approximate surface area is 123 Å². The molecule has 0 aliphatic heterocycles. The van der Waals surface area contributed by atoms with Crippen LogP contribution in [-0.4, -0.2) is 5.97 Å². The van der Waals surface area contributed by atoms with Crippen molar-refractivity contribution in [2.24, 2.45) is 0 Å². The summed E-state index contributed by atoms with van der Waals surface area (Å²) in [6.45, 7) is 1.92. The van der Waals surface area contributed by atoms with Gasteiger partial charge >= 0.3 is 5.97 Å². The zero-order valence-electron chi connectivity index (χ0n) is 11.7. The Morgan fingerprint density at radius 3 is 2.38 bits per heavy atom. The van der Waals surface area contributed by atoms with E-state index in [0.717, 1.165) is 6.42 Å². The van der Waals surface area contributed by atoms with E-state index in [1.807, 2.05) is 43.3 Å². The van der Waals surface area contributed by atoms with Crippen molar-refractivity contribution in [3.8, 4) is 17.2 Å². The fraction of sp³-hybridized carbons (Fsp3) is 0.118. The Morgan fingerprint density at radius 2 is 1.67 bits per heavy atom. The van der Waals surface area contributed by atoms with Crippen molar-refractivity contribution in [2.75, 3.05) is 0 Å². The normalized spacial score (nSPS) is 10.3. The molecule has 0 radical (unpaired) electrons. The van der Waals surface area contributed by atoms with Crippen molar-refractivity contribution in [1.29, 1.82) is 0 Å². The highest BCUT2D eigenvalue weighted by Gasteiger charge is 2.08. The maximum atomic E-state index is 11.4. The minimum absolute atomic E-state index is 0.333. The second kappa shape index (κ2) is 7.75. The van der Waals surface area contributed by atoms with Crippen molar-refractivity contribution in [3.63, 3.8) is 0 Å². The number of rotatable bonds is 6. The molecule has 0 N–H and O–H groups in total. The Balaban J connectivity index is 2.03. The van der Waals surface area contributed by atoms with E-state index >= 15 is 0 Å². The lowest BCUT2D eigenvalue weighted by atomic mass is 10.3. The molecular formula is C17H16O4. The van der Waals surface area contributed by atoms with E-state index in [9.17, 15) is 4.79 Å². The fourth-order valence-corrected chi connectivity index (χ4v) is 1.55. The number of para-hydroxylation sites is 3. The van der Waals surface area contributed by atoms with E-state index < -0.39 is 5.97 Å². The van der Waals surface area contributed by atoms with Crippen LogP contribution in [0.5, 0.6) is 17.2 Å². The zero-order valence-corrected chi connectivity index (χ0v) is 11.7. The van der Waals surface area contributed by atoms with E-state index in [0.29, 0.717) is 17.2 Å². The first-order chi connectivity index (χ1) is 10.3. The summed E-state index contributed by atoms with van der Waals surface area (Å²) < 4.78 is 5.69. The first-order valence-corrected chi connectivity index (χ1v) is 6.66. The number of hydrogen-bond donors (Lipinski definition) is 0. The van der Waals surface area contributed by atoms with Crippen LogP contribution in [0.4, 0.5) is 0 Å². The molecule has 0 aliphatic carbocycles. The molecule has 0 saturated heterocycles. The average molecular weight is 284 g/mol. The van der Waals surface area contributed by atoms with Gasteiger partial charge in [-0.25, -0.2) is 9.68 Å². The molecule has 2 rings (SSSR count). The lowest BCUT2D eigenvalue weighted by Crippen LogP contribution is -2.05. The van der Waals surface area contributed by atoms with Crippen LogP contribution in [0, 0.1) is 0 Å². The molecule has 0 atom stereocenters. The molecule has 0 amide bonds. The van der Waals surface area contributed by atoms with Gasteiger partial charge in [0.05, 0.1) is 0 Å². The van der Waals surface area contributed by atoms with Crippen LogP contribution < -0.4 is 9.62 Å². The molecule has 0 aromatic heterocycles. The molecule has 2 aromatic rings. The minimum atomic E-state index is -0.564. The van der Waals surface area contributed by atoms with Gasteiger partial charge in [0.2, 0.25) is 5.75 Å². The summed E-state index contributed by atoms with van der Waals surface area (Å²) in [4.78, 5) is 21.1. The van der Waals surface area contributed by atoms with Gasteiger partial charge in [-0.15, -0.1) is 0 Å². The molecule has 0 spiro atoms. The molecule has 2 aromatic carbocycles. The molecule has 0 heterocycles. The lowest BCUT2D eigenvalue weighted by Gasteiger charge is -2.09. The van der Waals surface area contributed by atoms with Gasteiger partial charge in [-0.1, -0.05) is 43.3 Å². The van der Waals surface area contributed by atoms with Gasteiger partial charge in [0.15, 0.2) is 5.75 Å². The molecule has 4 heteroatoms. The summed E-state index contributed by atoms with van der Waals surface area (Å²) in [6, 6.07) is 16.3. The second-order valence-corrected chi connectivity index (χ2v) is 4.16. The highest BCUT2D eigenvalue weighted by atomic mass is 17.2. The van der Waals surface area contributed by atoms with Crippen LogP contribution in [0.1, 0.15) is 13.3 Å². The van der Waals surface area contributed by atoms with Gasteiger partial charge < -0.3 is 4.74 Å². The molecule has 0 unspecified atom stereocenters. The predicted octanol–water partition coefficient (Wildman–Crippen LogP) is 4.28. The topological polar surface area (TPSA) is 44.8 Å². The highest BCUT2D eigenvalue weighted by molar-refractivity contribution is 5.81. The molecule has 0 aliphatic rings. The quantitative estimate of drug-likeness (QED) is 0.451. The third kappa shape index (κ3) is 4.69. The third-order valence-electron chi connectivity index (χ3n) is 2.52. The van der Waals surface area contributed by atoms with Gasteiger partial charge in [0.1, 0.15) is 5.75 Å². The van der Waals surface area contributed by atoms with Crippen molar-refractivity contribution in [2.45, 2.75) is 13.3 Å². The highest BCUT2D eigenvalue weighted by Crippen LogP contribution is 2.31. The predicted molar refractivity (Wildman–Crippen MR) is 79.1 cm³/mol. The number of allylic oxidation sites excluding steroid dienone is 1. The lowest BCUT2D eigenvalue weighted by molar-refractivity contribution is -0.207. The van der Waals surface area contributed by atoms with Crippen LogP contribution in [0.3, 0.4) is 0 Å². The Morgan fingerprint density at radius 1 is 1.00 bits per heavy atom. The SMILES string of the molecule is CCC=CC(=O)OOc1ccccc1Oc1ccccc1. The van der Waals surface area contributed by atoms with Crippen LogP contribution in [-0.2, 0) is 9.68 Å². The largest absolute Gasteiger partial charge is 0.453 e.